The van der Waals surface area contributed by atoms with Crippen molar-refractivity contribution in [3.63, 3.8) is 0 Å². The van der Waals surface area contributed by atoms with Gasteiger partial charge in [-0.25, -0.2) is 4.98 Å². The SMILES string of the molecule is CCCNc1ncc([N+](=O)[O-])c(N(C)CC(C)C#N)n1. The van der Waals surface area contributed by atoms with Crippen LogP contribution in [0.25, 0.3) is 0 Å². The van der Waals surface area contributed by atoms with Crippen LogP contribution in [0.2, 0.25) is 0 Å². The summed E-state index contributed by atoms with van der Waals surface area (Å²) in [5, 5.41) is 22.8. The molecule has 1 unspecified atom stereocenters. The highest BCUT2D eigenvalue weighted by Gasteiger charge is 2.21. The van der Waals surface area contributed by atoms with Crippen molar-refractivity contribution in [3.05, 3.63) is 16.3 Å². The van der Waals surface area contributed by atoms with E-state index in [0.717, 1.165) is 6.42 Å². The van der Waals surface area contributed by atoms with Gasteiger partial charge >= 0.3 is 5.69 Å². The number of hydrogen-bond donors (Lipinski definition) is 1. The fourth-order valence-electron chi connectivity index (χ4n) is 1.64. The summed E-state index contributed by atoms with van der Waals surface area (Å²) in [5.74, 6) is 0.316. The molecule has 0 spiro atoms. The molecule has 8 nitrogen and oxygen atoms in total. The molecule has 0 amide bonds. The molecular formula is C12H18N6O2. The third kappa shape index (κ3) is 4.05. The molecule has 1 heterocycles. The molecule has 1 atom stereocenters. The van der Waals surface area contributed by atoms with Crippen LogP contribution in [0.5, 0.6) is 0 Å². The zero-order chi connectivity index (χ0) is 15.1. The molecule has 1 N–H and O–H groups in total. The van der Waals surface area contributed by atoms with Gasteiger partial charge in [0.15, 0.2) is 0 Å². The van der Waals surface area contributed by atoms with Crippen molar-refractivity contribution in [1.29, 1.82) is 5.26 Å². The van der Waals surface area contributed by atoms with Crippen LogP contribution in [-0.4, -0.2) is 35.0 Å². The molecule has 0 aliphatic heterocycles. The maximum Gasteiger partial charge on any atom is 0.329 e. The van der Waals surface area contributed by atoms with E-state index in [2.05, 4.69) is 21.4 Å². The molecule has 108 valence electrons. The average molecular weight is 278 g/mol. The Hall–Kier alpha value is -2.43. The van der Waals surface area contributed by atoms with Crippen molar-refractivity contribution >= 4 is 17.5 Å². The first-order valence-electron chi connectivity index (χ1n) is 6.35. The Labute approximate surface area is 117 Å². The Morgan fingerprint density at radius 1 is 1.65 bits per heavy atom. The Morgan fingerprint density at radius 3 is 2.90 bits per heavy atom. The molecule has 0 bridgehead atoms. The number of hydrogen-bond acceptors (Lipinski definition) is 7. The van der Waals surface area contributed by atoms with Gasteiger partial charge in [0.05, 0.1) is 16.9 Å². The summed E-state index contributed by atoms with van der Waals surface area (Å²) in [4.78, 5) is 20.2. The van der Waals surface area contributed by atoms with E-state index >= 15 is 0 Å². The van der Waals surface area contributed by atoms with Gasteiger partial charge in [0.1, 0.15) is 6.20 Å². The van der Waals surface area contributed by atoms with E-state index in [-0.39, 0.29) is 17.4 Å². The van der Waals surface area contributed by atoms with E-state index in [9.17, 15) is 10.1 Å². The van der Waals surface area contributed by atoms with E-state index in [4.69, 9.17) is 5.26 Å². The van der Waals surface area contributed by atoms with Gasteiger partial charge < -0.3 is 10.2 Å². The summed E-state index contributed by atoms with van der Waals surface area (Å²) in [6.07, 6.45) is 2.09. The number of aromatic nitrogens is 2. The monoisotopic (exact) mass is 278 g/mol. The molecule has 1 aromatic heterocycles. The topological polar surface area (TPSA) is 108 Å². The molecule has 0 saturated carbocycles. The summed E-state index contributed by atoms with van der Waals surface area (Å²) in [6.45, 7) is 4.80. The first-order chi connectivity index (χ1) is 9.49. The third-order valence-electron chi connectivity index (χ3n) is 2.61. The van der Waals surface area contributed by atoms with Gasteiger partial charge in [-0.3, -0.25) is 10.1 Å². The number of nitrogens with one attached hydrogen (secondary N) is 1. The van der Waals surface area contributed by atoms with Gasteiger partial charge in [-0.1, -0.05) is 6.92 Å². The maximum atomic E-state index is 11.0. The van der Waals surface area contributed by atoms with Gasteiger partial charge in [-0.15, -0.1) is 0 Å². The van der Waals surface area contributed by atoms with Gasteiger partial charge in [0.25, 0.3) is 0 Å². The lowest BCUT2D eigenvalue weighted by atomic mass is 10.2. The van der Waals surface area contributed by atoms with Gasteiger partial charge in [0.2, 0.25) is 11.8 Å². The summed E-state index contributed by atoms with van der Waals surface area (Å²) < 4.78 is 0. The molecule has 20 heavy (non-hydrogen) atoms. The predicted molar refractivity (Wildman–Crippen MR) is 75.5 cm³/mol. The van der Waals surface area contributed by atoms with Crippen molar-refractivity contribution in [3.8, 4) is 6.07 Å². The Kier molecular flexibility index (Phi) is 5.65. The van der Waals surface area contributed by atoms with E-state index in [1.165, 1.54) is 6.20 Å². The number of nitriles is 1. The minimum atomic E-state index is -0.521. The summed E-state index contributed by atoms with van der Waals surface area (Å²) in [5.41, 5.74) is -0.167. The van der Waals surface area contributed by atoms with E-state index in [1.807, 2.05) is 6.92 Å². The highest BCUT2D eigenvalue weighted by atomic mass is 16.6. The smallest absolute Gasteiger partial charge is 0.329 e. The lowest BCUT2D eigenvalue weighted by Crippen LogP contribution is -2.25. The average Bonchev–Trinajstić information content (AvgIpc) is 2.44. The highest BCUT2D eigenvalue weighted by molar-refractivity contribution is 5.58. The van der Waals surface area contributed by atoms with Crippen LogP contribution in [0, 0.1) is 27.4 Å². The molecule has 0 saturated heterocycles. The second-order valence-corrected chi connectivity index (χ2v) is 4.50. The quantitative estimate of drug-likeness (QED) is 0.598. The molecule has 1 rings (SSSR count). The van der Waals surface area contributed by atoms with Gasteiger partial charge in [-0.2, -0.15) is 10.2 Å². The van der Waals surface area contributed by atoms with Crippen LogP contribution in [0.3, 0.4) is 0 Å². The third-order valence-corrected chi connectivity index (χ3v) is 2.61. The standard InChI is InChI=1S/C12H18N6O2/c1-4-5-14-12-15-7-10(18(19)20)11(16-12)17(3)8-9(2)6-13/h7,9H,4-5,8H2,1-3H3,(H,14,15,16). The predicted octanol–water partition coefficient (Wildman–Crippen LogP) is 1.80. The largest absolute Gasteiger partial charge is 0.354 e. The number of rotatable bonds is 7. The van der Waals surface area contributed by atoms with Crippen LogP contribution in [0.1, 0.15) is 20.3 Å². The van der Waals surface area contributed by atoms with Crippen molar-refractivity contribution in [2.24, 2.45) is 5.92 Å². The summed E-state index contributed by atoms with van der Waals surface area (Å²) in [7, 11) is 1.67. The van der Waals surface area contributed by atoms with Crippen LogP contribution in [-0.2, 0) is 0 Å². The molecule has 0 aromatic carbocycles. The zero-order valence-corrected chi connectivity index (χ0v) is 11.8. The lowest BCUT2D eigenvalue weighted by molar-refractivity contribution is -0.384. The first-order valence-corrected chi connectivity index (χ1v) is 6.35. The Morgan fingerprint density at radius 2 is 2.35 bits per heavy atom. The van der Waals surface area contributed by atoms with Crippen LogP contribution in [0.15, 0.2) is 6.20 Å². The van der Waals surface area contributed by atoms with Crippen molar-refractivity contribution in [2.75, 3.05) is 30.4 Å². The second-order valence-electron chi connectivity index (χ2n) is 4.50. The van der Waals surface area contributed by atoms with Crippen molar-refractivity contribution in [1.82, 2.24) is 9.97 Å². The lowest BCUT2D eigenvalue weighted by Gasteiger charge is -2.19. The molecule has 0 aliphatic carbocycles. The number of anilines is 2. The normalized spacial score (nSPS) is 11.5. The van der Waals surface area contributed by atoms with E-state index in [1.54, 1.807) is 18.9 Å². The molecular weight excluding hydrogens is 260 g/mol. The van der Waals surface area contributed by atoms with Gasteiger partial charge in [0, 0.05) is 20.1 Å². The maximum absolute atomic E-state index is 11.0. The van der Waals surface area contributed by atoms with E-state index < -0.39 is 4.92 Å². The number of nitrogens with zero attached hydrogens (tertiary/aromatic N) is 5. The summed E-state index contributed by atoms with van der Waals surface area (Å²) in [6, 6.07) is 2.09. The van der Waals surface area contributed by atoms with E-state index in [0.29, 0.717) is 19.0 Å². The van der Waals surface area contributed by atoms with Crippen LogP contribution >= 0.6 is 0 Å². The van der Waals surface area contributed by atoms with Gasteiger partial charge in [-0.05, 0) is 13.3 Å². The first kappa shape index (κ1) is 15.6. The minimum Gasteiger partial charge on any atom is -0.354 e. The number of nitro groups is 1. The molecule has 0 aliphatic rings. The molecule has 0 fully saturated rings. The molecule has 1 aromatic rings. The van der Waals surface area contributed by atoms with Crippen molar-refractivity contribution < 1.29 is 4.92 Å². The van der Waals surface area contributed by atoms with Crippen molar-refractivity contribution in [2.45, 2.75) is 20.3 Å². The molecule has 0 radical (unpaired) electrons. The summed E-state index contributed by atoms with van der Waals surface area (Å²) >= 11 is 0. The highest BCUT2D eigenvalue weighted by Crippen LogP contribution is 2.25. The van der Waals surface area contributed by atoms with Crippen LogP contribution < -0.4 is 10.2 Å². The fourth-order valence-corrected chi connectivity index (χ4v) is 1.64. The fraction of sp³-hybridized carbons (Fsp3) is 0.583. The van der Waals surface area contributed by atoms with Crippen LogP contribution in [0.4, 0.5) is 17.5 Å². The second kappa shape index (κ2) is 7.23. The Balaban J connectivity index is 3.05. The Bertz CT molecular complexity index is 513. The minimum absolute atomic E-state index is 0.167. The zero-order valence-electron chi connectivity index (χ0n) is 11.8. The molecule has 8 heteroatoms.